The van der Waals surface area contributed by atoms with E-state index in [0.717, 1.165) is 10.5 Å². The number of amides is 1. The van der Waals surface area contributed by atoms with Crippen molar-refractivity contribution in [3.63, 3.8) is 0 Å². The molecular weight excluding hydrogens is 506 g/mol. The Morgan fingerprint density at radius 3 is 2.67 bits per heavy atom. The van der Waals surface area contributed by atoms with Gasteiger partial charge in [-0.25, -0.2) is 14.5 Å². The van der Waals surface area contributed by atoms with Gasteiger partial charge in [0.05, 0.1) is 28.4 Å². The van der Waals surface area contributed by atoms with E-state index in [1.165, 1.54) is 18.2 Å². The molecule has 1 amide bonds. The Morgan fingerprint density at radius 1 is 1.21 bits per heavy atom. The van der Waals surface area contributed by atoms with Crippen molar-refractivity contribution in [1.29, 1.82) is 0 Å². The van der Waals surface area contributed by atoms with Crippen LogP contribution in [0.4, 0.5) is 8.78 Å². The second-order valence-electron chi connectivity index (χ2n) is 10.9. The molecule has 1 fully saturated rings. The fourth-order valence-corrected chi connectivity index (χ4v) is 6.57. The van der Waals surface area contributed by atoms with Crippen LogP contribution in [0.1, 0.15) is 75.3 Å². The first kappa shape index (κ1) is 20.9. The number of aromatic nitrogens is 4. The number of benzene rings is 1. The standard InChI is InChI=1S/C28H26F2N6O3/c1-27(38)12-28(31,13-27)25-32-10-15(11-33-25)14-6-7-36-18(8-14)22-17-9-19(23(22)34-36)35(2)24(37)16-4-3-5-20(21(16)17)39-26(29)30/h3-8,10-11,17,19,26,38H,9,12-13,31H2,1-2H3/t17-,19-,27?,28?/m1/s1/i2D3. The Hall–Kier alpha value is -3.96. The summed E-state index contributed by atoms with van der Waals surface area (Å²) >= 11 is 0. The molecular formula is C28H26F2N6O3. The van der Waals surface area contributed by atoms with Crippen LogP contribution in [0.3, 0.4) is 0 Å². The third-order valence-electron chi connectivity index (χ3n) is 8.04. The van der Waals surface area contributed by atoms with Crippen LogP contribution in [0.15, 0.2) is 48.9 Å². The molecule has 3 aromatic heterocycles. The summed E-state index contributed by atoms with van der Waals surface area (Å²) in [5, 5.41) is 14.8. The van der Waals surface area contributed by atoms with Crippen LogP contribution in [-0.2, 0) is 5.54 Å². The summed E-state index contributed by atoms with van der Waals surface area (Å²) in [6, 6.07) is 6.96. The van der Waals surface area contributed by atoms with E-state index in [1.807, 2.05) is 6.07 Å². The zero-order chi connectivity index (χ0) is 29.8. The number of carbonyl (C=O) groups excluding carboxylic acids is 1. The maximum atomic E-state index is 13.6. The van der Waals surface area contributed by atoms with Crippen molar-refractivity contribution in [3.8, 4) is 16.9 Å². The van der Waals surface area contributed by atoms with E-state index in [-0.39, 0.29) is 23.3 Å². The van der Waals surface area contributed by atoms with Crippen LogP contribution in [0, 0.1) is 0 Å². The molecule has 9 nitrogen and oxygen atoms in total. The number of aliphatic hydroxyl groups is 1. The predicted molar refractivity (Wildman–Crippen MR) is 136 cm³/mol. The molecule has 2 atom stereocenters. The topological polar surface area (TPSA) is 119 Å². The number of nitrogens with two attached hydrogens (primary N) is 1. The Kier molecular flexibility index (Phi) is 4.31. The second kappa shape index (κ2) is 8.03. The van der Waals surface area contributed by atoms with E-state index in [4.69, 9.17) is 14.6 Å². The van der Waals surface area contributed by atoms with Crippen molar-refractivity contribution in [2.75, 3.05) is 6.98 Å². The molecule has 0 spiro atoms. The Bertz CT molecular complexity index is 1750. The highest BCUT2D eigenvalue weighted by Gasteiger charge is 2.51. The van der Waals surface area contributed by atoms with Gasteiger partial charge < -0.3 is 20.5 Å². The summed E-state index contributed by atoms with van der Waals surface area (Å²) in [6.45, 7) is -4.22. The number of fused-ring (bicyclic) bond motifs is 9. The molecule has 1 aliphatic heterocycles. The lowest BCUT2D eigenvalue weighted by molar-refractivity contribution is -0.0769. The van der Waals surface area contributed by atoms with E-state index in [0.29, 0.717) is 41.0 Å². The van der Waals surface area contributed by atoms with Gasteiger partial charge in [0.15, 0.2) is 0 Å². The molecule has 2 bridgehead atoms. The number of hydrogen-bond donors (Lipinski definition) is 2. The molecule has 1 saturated carbocycles. The molecule has 1 aromatic carbocycles. The Morgan fingerprint density at radius 2 is 1.97 bits per heavy atom. The van der Waals surface area contributed by atoms with Crippen molar-refractivity contribution in [1.82, 2.24) is 24.5 Å². The fourth-order valence-electron chi connectivity index (χ4n) is 6.57. The largest absolute Gasteiger partial charge is 0.434 e. The maximum Gasteiger partial charge on any atom is 0.387 e. The zero-order valence-corrected chi connectivity index (χ0v) is 20.8. The molecule has 39 heavy (non-hydrogen) atoms. The minimum atomic E-state index is -3.14. The molecule has 4 aromatic rings. The van der Waals surface area contributed by atoms with Gasteiger partial charge in [-0.1, -0.05) is 6.07 Å². The summed E-state index contributed by atoms with van der Waals surface area (Å²) in [5.41, 5.74) is 8.05. The lowest BCUT2D eigenvalue weighted by Gasteiger charge is -2.48. The molecule has 200 valence electrons. The summed E-state index contributed by atoms with van der Waals surface area (Å²) in [5.74, 6) is -1.15. The van der Waals surface area contributed by atoms with Gasteiger partial charge in [0.2, 0.25) is 0 Å². The molecule has 2 aliphatic carbocycles. The first-order valence-corrected chi connectivity index (χ1v) is 12.5. The number of halogens is 2. The molecule has 7 rings (SSSR count). The normalized spacial score (nSPS) is 28.8. The highest BCUT2D eigenvalue weighted by atomic mass is 19.3. The van der Waals surface area contributed by atoms with Gasteiger partial charge in [0.1, 0.15) is 11.6 Å². The first-order chi connectivity index (χ1) is 19.8. The SMILES string of the molecule is [2H]C([2H])([2H])N1C(=O)c2cccc(OC(F)F)c2[C@H]2C[C@@H]1c1nn3ccc(-c4cnc(C5(N)CC(C)(O)C5)nc4)cc3c12. The molecule has 3 aliphatic rings. The number of ether oxygens (including phenoxy) is 1. The van der Waals surface area contributed by atoms with Crippen molar-refractivity contribution in [2.45, 2.75) is 55.9 Å². The highest BCUT2D eigenvalue weighted by Crippen LogP contribution is 2.53. The number of nitrogens with zero attached hydrogens (tertiary/aromatic N) is 5. The molecule has 0 unspecified atom stereocenters. The number of alkyl halides is 2. The third kappa shape index (κ3) is 3.56. The minimum Gasteiger partial charge on any atom is -0.434 e. The minimum absolute atomic E-state index is 0.00704. The van der Waals surface area contributed by atoms with E-state index in [9.17, 15) is 18.7 Å². The average Bonchev–Trinajstić information content (AvgIpc) is 3.39. The lowest BCUT2D eigenvalue weighted by atomic mass is 9.66. The van der Waals surface area contributed by atoms with Gasteiger partial charge in [0, 0.05) is 70.7 Å². The zero-order valence-electron chi connectivity index (χ0n) is 23.8. The second-order valence-corrected chi connectivity index (χ2v) is 10.9. The van der Waals surface area contributed by atoms with Crippen LogP contribution >= 0.6 is 0 Å². The van der Waals surface area contributed by atoms with Gasteiger partial charge in [-0.05, 0) is 43.2 Å². The smallest absolute Gasteiger partial charge is 0.387 e. The monoisotopic (exact) mass is 535 g/mol. The highest BCUT2D eigenvalue weighted by molar-refractivity contribution is 5.98. The van der Waals surface area contributed by atoms with Gasteiger partial charge in [-0.3, -0.25) is 4.79 Å². The van der Waals surface area contributed by atoms with Gasteiger partial charge in [-0.15, -0.1) is 0 Å². The van der Waals surface area contributed by atoms with E-state index in [1.54, 1.807) is 36.1 Å². The number of pyridine rings is 1. The fraction of sp³-hybridized carbons (Fsp3) is 0.357. The van der Waals surface area contributed by atoms with Gasteiger partial charge in [0.25, 0.3) is 5.91 Å². The number of hydrogen-bond acceptors (Lipinski definition) is 7. The predicted octanol–water partition coefficient (Wildman–Crippen LogP) is 3.75. The number of rotatable bonds is 4. The van der Waals surface area contributed by atoms with Gasteiger partial charge >= 0.3 is 6.61 Å². The molecule has 11 heteroatoms. The van der Waals surface area contributed by atoms with Crippen LogP contribution < -0.4 is 10.5 Å². The summed E-state index contributed by atoms with van der Waals surface area (Å²) in [6.07, 6.45) is 5.86. The van der Waals surface area contributed by atoms with Crippen LogP contribution in [0.5, 0.6) is 5.75 Å². The van der Waals surface area contributed by atoms with Gasteiger partial charge in [-0.2, -0.15) is 13.9 Å². The Balaban J connectivity index is 1.36. The lowest BCUT2D eigenvalue weighted by Crippen LogP contribution is -2.59. The van der Waals surface area contributed by atoms with Crippen molar-refractivity contribution >= 4 is 11.4 Å². The summed E-state index contributed by atoms with van der Waals surface area (Å²) in [7, 11) is 0. The third-order valence-corrected chi connectivity index (χ3v) is 8.04. The Labute approximate surface area is 226 Å². The van der Waals surface area contributed by atoms with E-state index in [2.05, 4.69) is 15.1 Å². The first-order valence-electron chi connectivity index (χ1n) is 14.0. The van der Waals surface area contributed by atoms with Crippen LogP contribution in [0.25, 0.3) is 16.6 Å². The van der Waals surface area contributed by atoms with Crippen molar-refractivity contribution < 1.29 is 27.5 Å². The molecule has 4 heterocycles. The molecule has 0 radical (unpaired) electrons. The molecule has 0 saturated heterocycles. The van der Waals surface area contributed by atoms with Crippen molar-refractivity contribution in [2.24, 2.45) is 5.73 Å². The maximum absolute atomic E-state index is 13.6. The summed E-state index contributed by atoms with van der Waals surface area (Å²) < 4.78 is 57.8. The number of carbonyl (C=O) groups is 1. The van der Waals surface area contributed by atoms with Crippen LogP contribution in [0.2, 0.25) is 0 Å². The van der Waals surface area contributed by atoms with Crippen molar-refractivity contribution in [3.05, 3.63) is 77.1 Å². The van der Waals surface area contributed by atoms with Crippen LogP contribution in [-0.4, -0.2) is 54.7 Å². The average molecular weight is 536 g/mol. The summed E-state index contributed by atoms with van der Waals surface area (Å²) in [4.78, 5) is 23.4. The van der Waals surface area contributed by atoms with E-state index < -0.39 is 42.6 Å². The molecule has 3 N–H and O–H groups in total. The van der Waals surface area contributed by atoms with E-state index >= 15 is 0 Å². The quantitative estimate of drug-likeness (QED) is 0.409.